The normalized spacial score (nSPS) is 11.2. The van der Waals surface area contributed by atoms with Crippen molar-refractivity contribution < 1.29 is 0 Å². The zero-order valence-corrected chi connectivity index (χ0v) is 22.7. The molecule has 3 rings (SSSR count). The average molecular weight is 474 g/mol. The van der Waals surface area contributed by atoms with Crippen LogP contribution in [-0.4, -0.2) is 25.3 Å². The third-order valence-electron chi connectivity index (χ3n) is 4.81. The number of thiazole rings is 1. The molecule has 0 aliphatic heterocycles. The fourth-order valence-corrected chi connectivity index (χ4v) is 4.64. The van der Waals surface area contributed by atoms with Gasteiger partial charge in [0.05, 0.1) is 23.3 Å². The summed E-state index contributed by atoms with van der Waals surface area (Å²) in [6, 6.07) is 2.09. The lowest BCUT2D eigenvalue weighted by molar-refractivity contribution is 0.864. The van der Waals surface area contributed by atoms with Crippen molar-refractivity contribution in [3.63, 3.8) is 0 Å². The SMILES string of the molecule is CC.CC.CCCCS/C(C)=C(\N)c1c(-c2cnc(C)n2C)cc(-c2nccs2)nc1C. The van der Waals surface area contributed by atoms with Gasteiger partial charge in [-0.05, 0) is 39.0 Å². The first-order valence-corrected chi connectivity index (χ1v) is 13.3. The van der Waals surface area contributed by atoms with Gasteiger partial charge in [0, 0.05) is 40.4 Å². The highest BCUT2D eigenvalue weighted by Gasteiger charge is 2.19. The minimum Gasteiger partial charge on any atom is -0.398 e. The third-order valence-corrected chi connectivity index (χ3v) is 6.75. The zero-order chi connectivity index (χ0) is 24.3. The summed E-state index contributed by atoms with van der Waals surface area (Å²) in [7, 11) is 2.03. The topological polar surface area (TPSA) is 69.6 Å². The van der Waals surface area contributed by atoms with E-state index >= 15 is 0 Å². The van der Waals surface area contributed by atoms with Crippen molar-refractivity contribution in [2.24, 2.45) is 12.8 Å². The number of thioether (sulfide) groups is 1. The standard InChI is InChI=1S/C21H27N5S2.2C2H6/c1-6-7-9-27-14(3)20(22)19-13(2)25-17(21-23-8-10-28-21)11-16(19)18-12-24-15(4)26(18)5;2*1-2/h8,10-12H,6-7,9,22H2,1-5H3;2*1-2H3/b20-14-;;. The Hall–Kier alpha value is -2.12. The second kappa shape index (κ2) is 14.1. The molecule has 0 atom stereocenters. The van der Waals surface area contributed by atoms with Crippen molar-refractivity contribution in [3.05, 3.63) is 45.8 Å². The number of hydrogen-bond acceptors (Lipinski definition) is 6. The highest BCUT2D eigenvalue weighted by molar-refractivity contribution is 8.03. The van der Waals surface area contributed by atoms with Crippen LogP contribution in [0.2, 0.25) is 0 Å². The van der Waals surface area contributed by atoms with Crippen molar-refractivity contribution in [2.45, 2.75) is 68.2 Å². The Labute approximate surface area is 202 Å². The first-order valence-electron chi connectivity index (χ1n) is 11.4. The van der Waals surface area contributed by atoms with Gasteiger partial charge >= 0.3 is 0 Å². The van der Waals surface area contributed by atoms with E-state index in [2.05, 4.69) is 34.4 Å². The Balaban J connectivity index is 0.00000121. The molecule has 7 heteroatoms. The Kier molecular flexibility index (Phi) is 12.3. The summed E-state index contributed by atoms with van der Waals surface area (Å²) in [6.45, 7) is 16.3. The van der Waals surface area contributed by atoms with E-state index in [0.29, 0.717) is 0 Å². The van der Waals surface area contributed by atoms with E-state index < -0.39 is 0 Å². The maximum Gasteiger partial charge on any atom is 0.141 e. The molecule has 5 nitrogen and oxygen atoms in total. The summed E-state index contributed by atoms with van der Waals surface area (Å²) >= 11 is 3.41. The Morgan fingerprint density at radius 2 is 1.84 bits per heavy atom. The summed E-state index contributed by atoms with van der Waals surface area (Å²) < 4.78 is 2.09. The highest BCUT2D eigenvalue weighted by Crippen LogP contribution is 2.36. The number of nitrogens with zero attached hydrogens (tertiary/aromatic N) is 4. The number of aryl methyl sites for hydroxylation is 2. The quantitative estimate of drug-likeness (QED) is 0.361. The molecule has 0 saturated carbocycles. The molecule has 32 heavy (non-hydrogen) atoms. The van der Waals surface area contributed by atoms with Crippen LogP contribution in [0, 0.1) is 13.8 Å². The first-order chi connectivity index (χ1) is 15.4. The van der Waals surface area contributed by atoms with Gasteiger partial charge < -0.3 is 10.3 Å². The lowest BCUT2D eigenvalue weighted by atomic mass is 9.99. The van der Waals surface area contributed by atoms with Gasteiger partial charge in [0.2, 0.25) is 0 Å². The number of nitrogens with two attached hydrogens (primary N) is 1. The third kappa shape index (κ3) is 6.69. The molecule has 0 aromatic carbocycles. The van der Waals surface area contributed by atoms with Crippen molar-refractivity contribution in [3.8, 4) is 22.0 Å². The van der Waals surface area contributed by atoms with Crippen LogP contribution in [0.5, 0.6) is 0 Å². The summed E-state index contributed by atoms with van der Waals surface area (Å²) in [5.74, 6) is 2.04. The molecule has 2 N–H and O–H groups in total. The molecule has 0 spiro atoms. The Morgan fingerprint density at radius 3 is 2.38 bits per heavy atom. The van der Waals surface area contributed by atoms with Crippen molar-refractivity contribution in [1.82, 2.24) is 19.5 Å². The van der Waals surface area contributed by atoms with Crippen molar-refractivity contribution in [2.75, 3.05) is 5.75 Å². The summed E-state index contributed by atoms with van der Waals surface area (Å²) in [5, 5.41) is 2.88. The Bertz CT molecular complexity index is 988. The Morgan fingerprint density at radius 1 is 1.16 bits per heavy atom. The molecule has 0 amide bonds. The lowest BCUT2D eigenvalue weighted by Gasteiger charge is -2.17. The lowest BCUT2D eigenvalue weighted by Crippen LogP contribution is -2.08. The maximum atomic E-state index is 6.66. The van der Waals surface area contributed by atoms with E-state index in [0.717, 1.165) is 55.4 Å². The second-order valence-electron chi connectivity index (χ2n) is 6.77. The predicted molar refractivity (Wildman–Crippen MR) is 144 cm³/mol. The summed E-state index contributed by atoms with van der Waals surface area (Å²) in [6.07, 6.45) is 6.08. The molecule has 0 bridgehead atoms. The predicted octanol–water partition coefficient (Wildman–Crippen LogP) is 7.46. The van der Waals surface area contributed by atoms with Crippen LogP contribution >= 0.6 is 23.1 Å². The van der Waals surface area contributed by atoms with Gasteiger partial charge in [-0.1, -0.05) is 41.0 Å². The average Bonchev–Trinajstić information content (AvgIpc) is 3.46. The molecular formula is C25H39N5S2. The zero-order valence-electron chi connectivity index (χ0n) is 21.1. The van der Waals surface area contributed by atoms with E-state index in [1.54, 1.807) is 11.3 Å². The van der Waals surface area contributed by atoms with Crippen LogP contribution in [0.25, 0.3) is 27.7 Å². The summed E-state index contributed by atoms with van der Waals surface area (Å²) in [4.78, 5) is 14.9. The molecule has 0 aliphatic carbocycles. The molecule has 3 aromatic heterocycles. The largest absolute Gasteiger partial charge is 0.398 e. The minimum absolute atomic E-state index is 0.797. The van der Waals surface area contributed by atoms with Gasteiger partial charge in [-0.25, -0.2) is 15.0 Å². The molecule has 0 radical (unpaired) electrons. The second-order valence-corrected chi connectivity index (χ2v) is 8.98. The fourth-order valence-electron chi connectivity index (χ4n) is 3.05. The number of unbranched alkanes of at least 4 members (excludes halogenated alkanes) is 1. The van der Waals surface area contributed by atoms with Crippen molar-refractivity contribution >= 4 is 28.8 Å². The number of aromatic nitrogens is 4. The molecule has 3 aromatic rings. The summed E-state index contributed by atoms with van der Waals surface area (Å²) in [5.41, 5.74) is 12.3. The highest BCUT2D eigenvalue weighted by atomic mass is 32.2. The van der Waals surface area contributed by atoms with Crippen LogP contribution in [0.1, 0.15) is 71.5 Å². The van der Waals surface area contributed by atoms with Crippen LogP contribution in [-0.2, 0) is 7.05 Å². The van der Waals surface area contributed by atoms with Gasteiger partial charge in [0.15, 0.2) is 0 Å². The fraction of sp³-hybridized carbons (Fsp3) is 0.480. The minimum atomic E-state index is 0.797. The van der Waals surface area contributed by atoms with Crippen LogP contribution in [0.15, 0.2) is 28.7 Å². The van der Waals surface area contributed by atoms with Crippen LogP contribution in [0.3, 0.4) is 0 Å². The van der Waals surface area contributed by atoms with E-state index in [1.807, 2.05) is 78.1 Å². The van der Waals surface area contributed by atoms with Gasteiger partial charge in [0.1, 0.15) is 10.8 Å². The van der Waals surface area contributed by atoms with Crippen LogP contribution in [0.4, 0.5) is 0 Å². The molecular weight excluding hydrogens is 434 g/mol. The molecule has 0 saturated heterocycles. The number of pyridine rings is 1. The molecule has 0 aliphatic rings. The van der Waals surface area contributed by atoms with Crippen LogP contribution < -0.4 is 5.73 Å². The number of imidazole rings is 1. The maximum absolute atomic E-state index is 6.66. The smallest absolute Gasteiger partial charge is 0.141 e. The monoisotopic (exact) mass is 473 g/mol. The molecule has 0 fully saturated rings. The van der Waals surface area contributed by atoms with E-state index in [9.17, 15) is 0 Å². The van der Waals surface area contributed by atoms with E-state index in [1.165, 1.54) is 12.8 Å². The molecule has 3 heterocycles. The first kappa shape index (κ1) is 27.9. The van der Waals surface area contributed by atoms with Gasteiger partial charge in [0.25, 0.3) is 0 Å². The van der Waals surface area contributed by atoms with Gasteiger partial charge in [-0.15, -0.1) is 23.1 Å². The molecule has 0 unspecified atom stereocenters. The number of rotatable bonds is 7. The number of hydrogen-bond donors (Lipinski definition) is 1. The molecule has 176 valence electrons. The van der Waals surface area contributed by atoms with Gasteiger partial charge in [-0.2, -0.15) is 0 Å². The number of allylic oxidation sites excluding steroid dienone is 1. The van der Waals surface area contributed by atoms with E-state index in [4.69, 9.17) is 10.7 Å². The van der Waals surface area contributed by atoms with Crippen molar-refractivity contribution in [1.29, 1.82) is 0 Å². The van der Waals surface area contributed by atoms with E-state index in [-0.39, 0.29) is 0 Å². The van der Waals surface area contributed by atoms with Gasteiger partial charge in [-0.3, -0.25) is 0 Å².